The molecule has 1 atom stereocenters. The van der Waals surface area contributed by atoms with Gasteiger partial charge < -0.3 is 20.9 Å². The molecular formula is C20H26N6O. The minimum absolute atomic E-state index is 0.123. The van der Waals surface area contributed by atoms with Gasteiger partial charge in [0, 0.05) is 57.3 Å². The van der Waals surface area contributed by atoms with Gasteiger partial charge in [-0.2, -0.15) is 0 Å². The van der Waals surface area contributed by atoms with E-state index in [1.165, 1.54) is 5.69 Å². The largest absolute Gasteiger partial charge is 0.369 e. The van der Waals surface area contributed by atoms with Gasteiger partial charge in [-0.25, -0.2) is 0 Å². The van der Waals surface area contributed by atoms with Crippen LogP contribution >= 0.6 is 0 Å². The number of para-hydroxylation sites is 1. The average Bonchev–Trinajstić information content (AvgIpc) is 3.20. The maximum atomic E-state index is 12.0. The number of carbonyl (C=O) groups is 1. The Morgan fingerprint density at radius 3 is 2.74 bits per heavy atom. The van der Waals surface area contributed by atoms with E-state index >= 15 is 0 Å². The number of benzene rings is 1. The van der Waals surface area contributed by atoms with E-state index in [4.69, 9.17) is 0 Å². The summed E-state index contributed by atoms with van der Waals surface area (Å²) in [6.07, 6.45) is 4.27. The Morgan fingerprint density at radius 2 is 2.00 bits per heavy atom. The zero-order valence-corrected chi connectivity index (χ0v) is 15.6. The molecule has 0 radical (unpaired) electrons. The van der Waals surface area contributed by atoms with Gasteiger partial charge in [0.1, 0.15) is 0 Å². The lowest BCUT2D eigenvalue weighted by Gasteiger charge is -2.20. The highest BCUT2D eigenvalue weighted by Gasteiger charge is 2.23. The minimum Gasteiger partial charge on any atom is -0.369 e. The molecule has 1 amide bonds. The molecule has 0 saturated carbocycles. The van der Waals surface area contributed by atoms with E-state index in [1.54, 1.807) is 31.6 Å². The number of amides is 1. The summed E-state index contributed by atoms with van der Waals surface area (Å²) in [5, 5.41) is 9.58. The predicted octanol–water partition coefficient (Wildman–Crippen LogP) is 1.26. The molecule has 0 bridgehead atoms. The lowest BCUT2D eigenvalue weighted by molar-refractivity contribution is 0.0954. The quantitative estimate of drug-likeness (QED) is 0.407. The van der Waals surface area contributed by atoms with E-state index in [2.05, 4.69) is 55.1 Å². The predicted molar refractivity (Wildman–Crippen MR) is 108 cm³/mol. The third-order valence-corrected chi connectivity index (χ3v) is 4.50. The second kappa shape index (κ2) is 9.56. The maximum Gasteiger partial charge on any atom is 0.252 e. The molecule has 1 fully saturated rings. The van der Waals surface area contributed by atoms with Crippen LogP contribution in [0.2, 0.25) is 0 Å². The number of hydrogen-bond acceptors (Lipinski definition) is 4. The molecule has 27 heavy (non-hydrogen) atoms. The van der Waals surface area contributed by atoms with E-state index in [9.17, 15) is 4.79 Å². The number of nitrogens with zero attached hydrogens (tertiary/aromatic N) is 3. The van der Waals surface area contributed by atoms with Crippen LogP contribution in [-0.4, -0.2) is 56.1 Å². The number of rotatable bonds is 6. The summed E-state index contributed by atoms with van der Waals surface area (Å²) in [6, 6.07) is 14.3. The molecule has 1 aromatic carbocycles. The lowest BCUT2D eigenvalue weighted by Crippen LogP contribution is -2.46. The molecule has 1 unspecified atom stereocenters. The molecule has 0 aliphatic carbocycles. The first kappa shape index (κ1) is 18.7. The van der Waals surface area contributed by atoms with E-state index in [0.29, 0.717) is 24.7 Å². The van der Waals surface area contributed by atoms with Crippen molar-refractivity contribution >= 4 is 17.6 Å². The Morgan fingerprint density at radius 1 is 1.19 bits per heavy atom. The fourth-order valence-corrected chi connectivity index (χ4v) is 3.10. The van der Waals surface area contributed by atoms with Crippen LogP contribution in [0.4, 0.5) is 5.69 Å². The molecule has 2 heterocycles. The monoisotopic (exact) mass is 366 g/mol. The smallest absolute Gasteiger partial charge is 0.252 e. The van der Waals surface area contributed by atoms with Crippen molar-refractivity contribution in [2.24, 2.45) is 4.99 Å². The summed E-state index contributed by atoms with van der Waals surface area (Å²) in [4.78, 5) is 22.6. The normalized spacial score (nSPS) is 16.9. The van der Waals surface area contributed by atoms with E-state index < -0.39 is 0 Å². The van der Waals surface area contributed by atoms with Crippen molar-refractivity contribution in [3.8, 4) is 0 Å². The van der Waals surface area contributed by atoms with Gasteiger partial charge in [-0.05, 0) is 30.7 Å². The Bertz CT molecular complexity index is 750. The number of guanidine groups is 1. The second-order valence-electron chi connectivity index (χ2n) is 6.41. The zero-order valence-electron chi connectivity index (χ0n) is 15.6. The second-order valence-corrected chi connectivity index (χ2v) is 6.41. The summed E-state index contributed by atoms with van der Waals surface area (Å²) in [5.74, 6) is 0.632. The van der Waals surface area contributed by atoms with Gasteiger partial charge in [-0.15, -0.1) is 0 Å². The van der Waals surface area contributed by atoms with Crippen molar-refractivity contribution < 1.29 is 4.79 Å². The zero-order chi connectivity index (χ0) is 18.9. The molecule has 0 spiro atoms. The molecule has 2 aromatic rings. The number of hydrogen-bond donors (Lipinski definition) is 3. The first-order valence-electron chi connectivity index (χ1n) is 9.21. The van der Waals surface area contributed by atoms with Crippen molar-refractivity contribution in [3.05, 3.63) is 60.4 Å². The number of aliphatic imine (C=N–C) groups is 1. The Labute approximate surface area is 159 Å². The van der Waals surface area contributed by atoms with Crippen molar-refractivity contribution in [2.45, 2.75) is 12.5 Å². The van der Waals surface area contributed by atoms with Crippen molar-refractivity contribution in [1.29, 1.82) is 0 Å². The van der Waals surface area contributed by atoms with Gasteiger partial charge in [0.05, 0.1) is 5.56 Å². The Balaban J connectivity index is 1.38. The lowest BCUT2D eigenvalue weighted by atomic mass is 10.2. The molecule has 3 rings (SSSR count). The minimum atomic E-state index is -0.123. The van der Waals surface area contributed by atoms with Crippen LogP contribution in [0.15, 0.2) is 59.9 Å². The average molecular weight is 366 g/mol. The van der Waals surface area contributed by atoms with Crippen LogP contribution in [0, 0.1) is 0 Å². The molecule has 1 aliphatic heterocycles. The third kappa shape index (κ3) is 5.44. The molecule has 1 aliphatic rings. The van der Waals surface area contributed by atoms with Gasteiger partial charge in [0.25, 0.3) is 5.91 Å². The van der Waals surface area contributed by atoms with Crippen LogP contribution in [0.3, 0.4) is 0 Å². The molecule has 1 saturated heterocycles. The summed E-state index contributed by atoms with van der Waals surface area (Å²) < 4.78 is 0. The fraction of sp³-hybridized carbons (Fsp3) is 0.350. The van der Waals surface area contributed by atoms with Crippen molar-refractivity contribution in [2.75, 3.05) is 38.1 Å². The van der Waals surface area contributed by atoms with E-state index in [0.717, 1.165) is 25.5 Å². The number of pyridine rings is 1. The first-order chi connectivity index (χ1) is 13.3. The summed E-state index contributed by atoms with van der Waals surface area (Å²) in [6.45, 7) is 3.08. The van der Waals surface area contributed by atoms with Crippen LogP contribution in [0.5, 0.6) is 0 Å². The molecule has 7 nitrogen and oxygen atoms in total. The molecule has 142 valence electrons. The van der Waals surface area contributed by atoms with Gasteiger partial charge in [0.2, 0.25) is 0 Å². The third-order valence-electron chi connectivity index (χ3n) is 4.50. The standard InChI is InChI=1S/C20H26N6O/c1-21-20(24-12-11-23-19(27)16-6-5-10-22-14-16)25-17-9-13-26(15-17)18-7-3-2-4-8-18/h2-8,10,14,17H,9,11-13,15H2,1H3,(H,23,27)(H2,21,24,25). The maximum absolute atomic E-state index is 12.0. The molecular weight excluding hydrogens is 340 g/mol. The summed E-state index contributed by atoms with van der Waals surface area (Å²) in [7, 11) is 1.76. The van der Waals surface area contributed by atoms with Gasteiger partial charge in [-0.3, -0.25) is 14.8 Å². The van der Waals surface area contributed by atoms with Crippen LogP contribution in [-0.2, 0) is 0 Å². The Hall–Kier alpha value is -3.09. The number of nitrogens with one attached hydrogen (secondary N) is 3. The highest BCUT2D eigenvalue weighted by atomic mass is 16.1. The SMILES string of the molecule is CN=C(NCCNC(=O)c1cccnc1)NC1CCN(c2ccccc2)C1. The number of aromatic nitrogens is 1. The molecule has 3 N–H and O–H groups in total. The van der Waals surface area contributed by atoms with Crippen LogP contribution in [0.1, 0.15) is 16.8 Å². The van der Waals surface area contributed by atoms with Crippen LogP contribution < -0.4 is 20.9 Å². The highest BCUT2D eigenvalue weighted by Crippen LogP contribution is 2.19. The molecule has 1 aromatic heterocycles. The van der Waals surface area contributed by atoms with E-state index in [-0.39, 0.29) is 5.91 Å². The van der Waals surface area contributed by atoms with Crippen molar-refractivity contribution in [3.63, 3.8) is 0 Å². The highest BCUT2D eigenvalue weighted by molar-refractivity contribution is 5.93. The number of carbonyl (C=O) groups excluding carboxylic acids is 1. The topological polar surface area (TPSA) is 81.6 Å². The van der Waals surface area contributed by atoms with Gasteiger partial charge >= 0.3 is 0 Å². The first-order valence-corrected chi connectivity index (χ1v) is 9.21. The number of anilines is 1. The molecule has 7 heteroatoms. The van der Waals surface area contributed by atoms with Gasteiger partial charge in [0.15, 0.2) is 5.96 Å². The Kier molecular flexibility index (Phi) is 6.62. The van der Waals surface area contributed by atoms with Gasteiger partial charge in [-0.1, -0.05) is 18.2 Å². The summed E-state index contributed by atoms with van der Waals surface area (Å²) in [5.41, 5.74) is 1.81. The van der Waals surface area contributed by atoms with E-state index in [1.807, 2.05) is 6.07 Å². The summed E-state index contributed by atoms with van der Waals surface area (Å²) >= 11 is 0. The fourth-order valence-electron chi connectivity index (χ4n) is 3.10. The van der Waals surface area contributed by atoms with Crippen molar-refractivity contribution in [1.82, 2.24) is 20.9 Å². The van der Waals surface area contributed by atoms with Crippen LogP contribution in [0.25, 0.3) is 0 Å².